The maximum absolute atomic E-state index is 11.8. The SMILES string of the molecule is Cc1cc(=O)n(CCC(C)(C)C(N)=S)c(C)n1. The van der Waals surface area contributed by atoms with Crippen LogP contribution >= 0.6 is 12.2 Å². The van der Waals surface area contributed by atoms with E-state index in [1.54, 1.807) is 10.6 Å². The van der Waals surface area contributed by atoms with Crippen molar-refractivity contribution in [3.63, 3.8) is 0 Å². The molecule has 0 unspecified atom stereocenters. The number of nitrogens with two attached hydrogens (primary N) is 1. The Morgan fingerprint density at radius 3 is 2.59 bits per heavy atom. The van der Waals surface area contributed by atoms with E-state index in [0.717, 1.165) is 17.9 Å². The van der Waals surface area contributed by atoms with Crippen LogP contribution in [0.2, 0.25) is 0 Å². The Balaban J connectivity index is 2.91. The largest absolute Gasteiger partial charge is 0.393 e. The van der Waals surface area contributed by atoms with E-state index < -0.39 is 0 Å². The van der Waals surface area contributed by atoms with Gasteiger partial charge in [0.1, 0.15) is 5.82 Å². The lowest BCUT2D eigenvalue weighted by Crippen LogP contribution is -2.33. The van der Waals surface area contributed by atoms with Crippen molar-refractivity contribution in [2.45, 2.75) is 40.7 Å². The minimum Gasteiger partial charge on any atom is -0.393 e. The first-order chi connectivity index (χ1) is 7.74. The summed E-state index contributed by atoms with van der Waals surface area (Å²) >= 11 is 5.01. The van der Waals surface area contributed by atoms with Gasteiger partial charge in [-0.15, -0.1) is 0 Å². The molecule has 1 aromatic rings. The minimum atomic E-state index is -0.244. The summed E-state index contributed by atoms with van der Waals surface area (Å²) in [5, 5.41) is 0. The highest BCUT2D eigenvalue weighted by atomic mass is 32.1. The molecule has 0 amide bonds. The number of hydrogen-bond acceptors (Lipinski definition) is 3. The number of aromatic nitrogens is 2. The van der Waals surface area contributed by atoms with Crippen molar-refractivity contribution in [3.8, 4) is 0 Å². The summed E-state index contributed by atoms with van der Waals surface area (Å²) in [6.07, 6.45) is 0.730. The van der Waals surface area contributed by atoms with Gasteiger partial charge in [-0.2, -0.15) is 0 Å². The average molecular weight is 253 g/mol. The average Bonchev–Trinajstić information content (AvgIpc) is 2.15. The van der Waals surface area contributed by atoms with Crippen LogP contribution < -0.4 is 11.3 Å². The van der Waals surface area contributed by atoms with Crippen LogP contribution in [0.4, 0.5) is 0 Å². The second-order valence-electron chi connectivity index (χ2n) is 4.93. The van der Waals surface area contributed by atoms with Crippen LogP contribution in [-0.4, -0.2) is 14.5 Å². The van der Waals surface area contributed by atoms with Gasteiger partial charge in [0, 0.05) is 23.7 Å². The molecule has 0 aromatic carbocycles. The Kier molecular flexibility index (Phi) is 4.03. The standard InChI is InChI=1S/C12H19N3OS/c1-8-7-10(16)15(9(2)14-8)6-5-12(3,4)11(13)17/h7H,5-6H2,1-4H3,(H2,13,17). The fourth-order valence-electron chi connectivity index (χ4n) is 1.55. The van der Waals surface area contributed by atoms with Crippen LogP contribution in [0.5, 0.6) is 0 Å². The lowest BCUT2D eigenvalue weighted by molar-refractivity contribution is 0.423. The summed E-state index contributed by atoms with van der Waals surface area (Å²) in [5.41, 5.74) is 6.15. The molecule has 0 bridgehead atoms. The van der Waals surface area contributed by atoms with Crippen molar-refractivity contribution >= 4 is 17.2 Å². The predicted octanol–water partition coefficient (Wildman–Crippen LogP) is 1.56. The first-order valence-electron chi connectivity index (χ1n) is 5.59. The molecule has 0 saturated heterocycles. The molecule has 1 rings (SSSR count). The third-order valence-corrected chi connectivity index (χ3v) is 3.51. The Hall–Kier alpha value is -1.23. The normalized spacial score (nSPS) is 11.5. The van der Waals surface area contributed by atoms with Crippen molar-refractivity contribution in [1.29, 1.82) is 0 Å². The van der Waals surface area contributed by atoms with Gasteiger partial charge in [-0.1, -0.05) is 26.1 Å². The molecule has 0 aliphatic rings. The second-order valence-corrected chi connectivity index (χ2v) is 5.37. The summed E-state index contributed by atoms with van der Waals surface area (Å²) in [4.78, 5) is 16.6. The summed E-state index contributed by atoms with van der Waals surface area (Å²) in [5.74, 6) is 0.730. The fraction of sp³-hybridized carbons (Fsp3) is 0.583. The smallest absolute Gasteiger partial charge is 0.253 e. The summed E-state index contributed by atoms with van der Waals surface area (Å²) in [6, 6.07) is 1.54. The molecular formula is C12H19N3OS. The van der Waals surface area contributed by atoms with Crippen molar-refractivity contribution in [2.75, 3.05) is 0 Å². The number of hydrogen-bond donors (Lipinski definition) is 1. The van der Waals surface area contributed by atoms with Crippen molar-refractivity contribution in [2.24, 2.45) is 11.1 Å². The molecule has 0 aliphatic carbocycles. The van der Waals surface area contributed by atoms with E-state index in [9.17, 15) is 4.79 Å². The molecular weight excluding hydrogens is 234 g/mol. The zero-order chi connectivity index (χ0) is 13.2. The Labute approximate surface area is 107 Å². The minimum absolute atomic E-state index is 0.0197. The van der Waals surface area contributed by atoms with E-state index in [2.05, 4.69) is 4.98 Å². The zero-order valence-electron chi connectivity index (χ0n) is 10.8. The van der Waals surface area contributed by atoms with Crippen molar-refractivity contribution in [3.05, 3.63) is 27.9 Å². The monoisotopic (exact) mass is 253 g/mol. The van der Waals surface area contributed by atoms with E-state index >= 15 is 0 Å². The van der Waals surface area contributed by atoms with Crippen LogP contribution in [0.1, 0.15) is 31.8 Å². The molecule has 2 N–H and O–H groups in total. The maximum Gasteiger partial charge on any atom is 0.253 e. The lowest BCUT2D eigenvalue weighted by Gasteiger charge is -2.23. The molecule has 0 saturated carbocycles. The van der Waals surface area contributed by atoms with Gasteiger partial charge >= 0.3 is 0 Å². The van der Waals surface area contributed by atoms with Gasteiger partial charge in [0.15, 0.2) is 0 Å². The zero-order valence-corrected chi connectivity index (χ0v) is 11.6. The van der Waals surface area contributed by atoms with Gasteiger partial charge < -0.3 is 5.73 Å². The Morgan fingerprint density at radius 2 is 2.12 bits per heavy atom. The van der Waals surface area contributed by atoms with Crippen LogP contribution in [0, 0.1) is 19.3 Å². The molecule has 5 heteroatoms. The van der Waals surface area contributed by atoms with Crippen molar-refractivity contribution in [1.82, 2.24) is 9.55 Å². The van der Waals surface area contributed by atoms with Crippen LogP contribution in [-0.2, 0) is 6.54 Å². The molecule has 0 spiro atoms. The molecule has 0 atom stereocenters. The third kappa shape index (κ3) is 3.36. The Morgan fingerprint density at radius 1 is 1.53 bits per heavy atom. The first kappa shape index (κ1) is 13.8. The molecule has 94 valence electrons. The van der Waals surface area contributed by atoms with Gasteiger partial charge in [0.2, 0.25) is 0 Å². The third-order valence-electron chi connectivity index (χ3n) is 2.95. The van der Waals surface area contributed by atoms with Crippen LogP contribution in [0.15, 0.2) is 10.9 Å². The lowest BCUT2D eigenvalue weighted by atomic mass is 9.89. The quantitative estimate of drug-likeness (QED) is 0.827. The number of rotatable bonds is 4. The molecule has 1 heterocycles. The second kappa shape index (κ2) is 4.96. The van der Waals surface area contributed by atoms with Crippen LogP contribution in [0.3, 0.4) is 0 Å². The van der Waals surface area contributed by atoms with Gasteiger partial charge in [-0.3, -0.25) is 9.36 Å². The maximum atomic E-state index is 11.8. The molecule has 0 fully saturated rings. The molecule has 17 heavy (non-hydrogen) atoms. The van der Waals surface area contributed by atoms with Gasteiger partial charge in [0.05, 0.1) is 4.99 Å². The highest BCUT2D eigenvalue weighted by Crippen LogP contribution is 2.21. The van der Waals surface area contributed by atoms with Gasteiger partial charge in [0.25, 0.3) is 5.56 Å². The highest BCUT2D eigenvalue weighted by molar-refractivity contribution is 7.80. The molecule has 0 radical (unpaired) electrons. The molecule has 0 aliphatic heterocycles. The van der Waals surface area contributed by atoms with E-state index in [-0.39, 0.29) is 11.0 Å². The fourth-order valence-corrected chi connectivity index (χ4v) is 1.65. The van der Waals surface area contributed by atoms with Crippen molar-refractivity contribution < 1.29 is 0 Å². The number of nitrogens with zero attached hydrogens (tertiary/aromatic N) is 2. The number of thiocarbonyl (C=S) groups is 1. The van der Waals surface area contributed by atoms with E-state index in [0.29, 0.717) is 11.5 Å². The summed E-state index contributed by atoms with van der Waals surface area (Å²) < 4.78 is 1.66. The topological polar surface area (TPSA) is 60.9 Å². The van der Waals surface area contributed by atoms with Crippen LogP contribution in [0.25, 0.3) is 0 Å². The molecule has 4 nitrogen and oxygen atoms in total. The van der Waals surface area contributed by atoms with E-state index in [1.165, 1.54) is 0 Å². The number of aryl methyl sites for hydroxylation is 2. The van der Waals surface area contributed by atoms with E-state index in [4.69, 9.17) is 18.0 Å². The predicted molar refractivity (Wildman–Crippen MR) is 73.2 cm³/mol. The van der Waals surface area contributed by atoms with E-state index in [1.807, 2.05) is 27.7 Å². The first-order valence-corrected chi connectivity index (χ1v) is 6.00. The Bertz CT molecular complexity index is 491. The summed E-state index contributed by atoms with van der Waals surface area (Å²) in [6.45, 7) is 8.21. The van der Waals surface area contributed by atoms with Gasteiger partial charge in [-0.25, -0.2) is 4.98 Å². The highest BCUT2D eigenvalue weighted by Gasteiger charge is 2.21. The summed E-state index contributed by atoms with van der Waals surface area (Å²) in [7, 11) is 0. The molecule has 1 aromatic heterocycles. The van der Waals surface area contributed by atoms with Gasteiger partial charge in [-0.05, 0) is 20.3 Å².